The molecule has 2 heterocycles. The van der Waals surface area contributed by atoms with Crippen molar-refractivity contribution < 1.29 is 0 Å². The molecule has 0 bridgehead atoms. The quantitative estimate of drug-likeness (QED) is 0.877. The third-order valence-corrected chi connectivity index (χ3v) is 3.52. The summed E-state index contributed by atoms with van der Waals surface area (Å²) in [5, 5.41) is 12.2. The van der Waals surface area contributed by atoms with Crippen LogP contribution in [0.4, 0.5) is 5.82 Å². The first-order valence-electron chi connectivity index (χ1n) is 6.65. The van der Waals surface area contributed by atoms with Gasteiger partial charge in [-0.15, -0.1) is 0 Å². The van der Waals surface area contributed by atoms with Crippen LogP contribution in [-0.4, -0.2) is 31.2 Å². The molecule has 4 nitrogen and oxygen atoms in total. The number of hydrogen-bond acceptors (Lipinski definition) is 4. The van der Waals surface area contributed by atoms with E-state index in [0.29, 0.717) is 5.56 Å². The molecule has 4 heteroatoms. The lowest BCUT2D eigenvalue weighted by atomic mass is 9.97. The summed E-state index contributed by atoms with van der Waals surface area (Å²) in [6, 6.07) is 5.89. The van der Waals surface area contributed by atoms with Gasteiger partial charge in [-0.2, -0.15) is 5.26 Å². The van der Waals surface area contributed by atoms with Crippen LogP contribution < -0.4 is 10.2 Å². The third-order valence-electron chi connectivity index (χ3n) is 3.52. The summed E-state index contributed by atoms with van der Waals surface area (Å²) >= 11 is 0. The Hall–Kier alpha value is -1.60. The second-order valence-corrected chi connectivity index (χ2v) is 4.75. The molecule has 1 saturated heterocycles. The van der Waals surface area contributed by atoms with E-state index in [0.717, 1.165) is 37.9 Å². The van der Waals surface area contributed by atoms with E-state index < -0.39 is 0 Å². The monoisotopic (exact) mass is 244 g/mol. The van der Waals surface area contributed by atoms with E-state index in [9.17, 15) is 0 Å². The van der Waals surface area contributed by atoms with Crippen molar-refractivity contribution in [1.29, 1.82) is 5.26 Å². The molecule has 0 unspecified atom stereocenters. The van der Waals surface area contributed by atoms with Gasteiger partial charge in [-0.25, -0.2) is 4.98 Å². The zero-order chi connectivity index (χ0) is 12.8. The Bertz CT molecular complexity index is 401. The molecule has 0 atom stereocenters. The maximum absolute atomic E-state index is 8.77. The molecule has 0 aliphatic carbocycles. The molecule has 18 heavy (non-hydrogen) atoms. The van der Waals surface area contributed by atoms with Crippen molar-refractivity contribution in [2.24, 2.45) is 5.92 Å². The normalized spacial score (nSPS) is 16.2. The number of nitrogens with zero attached hydrogens (tertiary/aromatic N) is 3. The van der Waals surface area contributed by atoms with Crippen LogP contribution in [0.25, 0.3) is 0 Å². The number of piperidine rings is 1. The van der Waals surface area contributed by atoms with E-state index in [4.69, 9.17) is 5.26 Å². The molecule has 0 spiro atoms. The SMILES string of the molecule is CCN(CC1CCNCC1)c1ccc(C#N)cn1. The molecule has 0 amide bonds. The fraction of sp³-hybridized carbons (Fsp3) is 0.571. The highest BCUT2D eigenvalue weighted by atomic mass is 15.2. The number of anilines is 1. The fourth-order valence-electron chi connectivity index (χ4n) is 2.40. The molecule has 0 saturated carbocycles. The highest BCUT2D eigenvalue weighted by Gasteiger charge is 2.17. The van der Waals surface area contributed by atoms with Crippen LogP contribution in [0.3, 0.4) is 0 Å². The predicted molar refractivity (Wildman–Crippen MR) is 72.4 cm³/mol. The molecule has 1 aromatic heterocycles. The number of nitriles is 1. The number of hydrogen-bond donors (Lipinski definition) is 1. The van der Waals surface area contributed by atoms with Crippen molar-refractivity contribution in [3.8, 4) is 6.07 Å². The first-order valence-corrected chi connectivity index (χ1v) is 6.65. The van der Waals surface area contributed by atoms with Crippen molar-refractivity contribution in [3.05, 3.63) is 23.9 Å². The topological polar surface area (TPSA) is 52.0 Å². The lowest BCUT2D eigenvalue weighted by Gasteiger charge is -2.30. The molecule has 1 aromatic rings. The van der Waals surface area contributed by atoms with Crippen molar-refractivity contribution in [2.75, 3.05) is 31.1 Å². The Kier molecular flexibility index (Phi) is 4.54. The number of aromatic nitrogens is 1. The molecule has 2 rings (SSSR count). The van der Waals surface area contributed by atoms with Gasteiger partial charge in [-0.3, -0.25) is 0 Å². The van der Waals surface area contributed by atoms with Gasteiger partial charge in [-0.05, 0) is 50.9 Å². The highest BCUT2D eigenvalue weighted by Crippen LogP contribution is 2.18. The van der Waals surface area contributed by atoms with E-state index in [1.54, 1.807) is 6.20 Å². The summed E-state index contributed by atoms with van der Waals surface area (Å²) in [7, 11) is 0. The van der Waals surface area contributed by atoms with Gasteiger partial charge in [0.1, 0.15) is 11.9 Å². The van der Waals surface area contributed by atoms with Crippen LogP contribution in [0, 0.1) is 17.2 Å². The van der Waals surface area contributed by atoms with Crippen molar-refractivity contribution in [2.45, 2.75) is 19.8 Å². The zero-order valence-corrected chi connectivity index (χ0v) is 10.9. The van der Waals surface area contributed by atoms with Crippen LogP contribution in [-0.2, 0) is 0 Å². The third kappa shape index (κ3) is 3.21. The van der Waals surface area contributed by atoms with E-state index in [1.807, 2.05) is 12.1 Å². The Morgan fingerprint density at radius 3 is 2.78 bits per heavy atom. The highest BCUT2D eigenvalue weighted by molar-refractivity contribution is 5.41. The summed E-state index contributed by atoms with van der Waals surface area (Å²) in [5.41, 5.74) is 0.622. The number of nitrogens with one attached hydrogen (secondary N) is 1. The summed E-state index contributed by atoms with van der Waals surface area (Å²) in [4.78, 5) is 6.68. The number of pyridine rings is 1. The number of rotatable bonds is 4. The van der Waals surface area contributed by atoms with E-state index in [1.165, 1.54) is 12.8 Å². The molecular weight excluding hydrogens is 224 g/mol. The lowest BCUT2D eigenvalue weighted by molar-refractivity contribution is 0.374. The molecular formula is C14H20N4. The average molecular weight is 244 g/mol. The van der Waals surface area contributed by atoms with Gasteiger partial charge >= 0.3 is 0 Å². The summed E-state index contributed by atoms with van der Waals surface area (Å²) in [6.45, 7) is 6.44. The van der Waals surface area contributed by atoms with Gasteiger partial charge in [0.2, 0.25) is 0 Å². The Balaban J connectivity index is 2.00. The second kappa shape index (κ2) is 6.36. The minimum Gasteiger partial charge on any atom is -0.357 e. The molecule has 1 aliphatic heterocycles. The van der Waals surface area contributed by atoms with Gasteiger partial charge in [0.05, 0.1) is 5.56 Å². The van der Waals surface area contributed by atoms with Crippen molar-refractivity contribution >= 4 is 5.82 Å². The predicted octanol–water partition coefficient (Wildman–Crippen LogP) is 1.78. The molecule has 0 aromatic carbocycles. The van der Waals surface area contributed by atoms with Crippen LogP contribution in [0.15, 0.2) is 18.3 Å². The van der Waals surface area contributed by atoms with Crippen molar-refractivity contribution in [3.63, 3.8) is 0 Å². The minimum absolute atomic E-state index is 0.622. The van der Waals surface area contributed by atoms with E-state index >= 15 is 0 Å². The zero-order valence-electron chi connectivity index (χ0n) is 10.9. The molecule has 96 valence electrons. The van der Waals surface area contributed by atoms with E-state index in [-0.39, 0.29) is 0 Å². The summed E-state index contributed by atoms with van der Waals surface area (Å²) in [5.74, 6) is 1.73. The van der Waals surface area contributed by atoms with Crippen LogP contribution in [0.1, 0.15) is 25.3 Å². The molecule has 1 aliphatic rings. The van der Waals surface area contributed by atoms with Crippen molar-refractivity contribution in [1.82, 2.24) is 10.3 Å². The average Bonchev–Trinajstić information content (AvgIpc) is 2.46. The van der Waals surface area contributed by atoms with Gasteiger partial charge in [0.15, 0.2) is 0 Å². The van der Waals surface area contributed by atoms with Gasteiger partial charge < -0.3 is 10.2 Å². The smallest absolute Gasteiger partial charge is 0.128 e. The Morgan fingerprint density at radius 1 is 1.44 bits per heavy atom. The molecule has 0 radical (unpaired) electrons. The molecule has 1 N–H and O–H groups in total. The summed E-state index contributed by atoms with van der Waals surface area (Å²) < 4.78 is 0. The standard InChI is InChI=1S/C14H20N4/c1-2-18(11-12-5-7-16-8-6-12)14-4-3-13(9-15)10-17-14/h3-4,10,12,16H,2,5-8,11H2,1H3. The van der Waals surface area contributed by atoms with Gasteiger partial charge in [0.25, 0.3) is 0 Å². The van der Waals surface area contributed by atoms with Crippen LogP contribution >= 0.6 is 0 Å². The maximum Gasteiger partial charge on any atom is 0.128 e. The minimum atomic E-state index is 0.622. The maximum atomic E-state index is 8.77. The first-order chi connectivity index (χ1) is 8.83. The molecule has 1 fully saturated rings. The lowest BCUT2D eigenvalue weighted by Crippen LogP contribution is -2.36. The largest absolute Gasteiger partial charge is 0.357 e. The first kappa shape index (κ1) is 12.8. The fourth-order valence-corrected chi connectivity index (χ4v) is 2.40. The van der Waals surface area contributed by atoms with Crippen LogP contribution in [0.5, 0.6) is 0 Å². The van der Waals surface area contributed by atoms with Gasteiger partial charge in [0, 0.05) is 19.3 Å². The second-order valence-electron chi connectivity index (χ2n) is 4.75. The van der Waals surface area contributed by atoms with Gasteiger partial charge in [-0.1, -0.05) is 0 Å². The summed E-state index contributed by atoms with van der Waals surface area (Å²) in [6.07, 6.45) is 4.14. The Morgan fingerprint density at radius 2 is 2.22 bits per heavy atom. The van der Waals surface area contributed by atoms with Crippen LogP contribution in [0.2, 0.25) is 0 Å². The van der Waals surface area contributed by atoms with E-state index in [2.05, 4.69) is 28.2 Å². The Labute approximate surface area is 109 Å².